The minimum atomic E-state index is -1.17. The fourth-order valence-corrected chi connectivity index (χ4v) is 2.01. The maximum atomic E-state index is 11.9. The Hall–Kier alpha value is -2.12. The summed E-state index contributed by atoms with van der Waals surface area (Å²) in [7, 11) is 0. The number of hydrogen-bond acceptors (Lipinski definition) is 4. The van der Waals surface area contributed by atoms with Crippen LogP contribution in [0.3, 0.4) is 0 Å². The summed E-state index contributed by atoms with van der Waals surface area (Å²) in [4.78, 5) is 23.0. The molecule has 1 amide bonds. The van der Waals surface area contributed by atoms with E-state index in [-0.39, 0.29) is 19.0 Å². The molecule has 1 atom stereocenters. The van der Waals surface area contributed by atoms with E-state index in [4.69, 9.17) is 14.3 Å². The minimum Gasteiger partial charge on any atom is -0.480 e. The molecule has 0 saturated carbocycles. The van der Waals surface area contributed by atoms with Crippen LogP contribution in [-0.4, -0.2) is 29.6 Å². The van der Waals surface area contributed by atoms with Crippen molar-refractivity contribution in [1.82, 2.24) is 5.32 Å². The van der Waals surface area contributed by atoms with Crippen LogP contribution < -0.4 is 5.32 Å². The molecule has 22 heavy (non-hydrogen) atoms. The highest BCUT2D eigenvalue weighted by Crippen LogP contribution is 2.14. The van der Waals surface area contributed by atoms with Crippen molar-refractivity contribution in [3.8, 4) is 0 Å². The predicted molar refractivity (Wildman–Crippen MR) is 81.4 cm³/mol. The SMILES string of the molecule is O=C(N[C@@H](COCc1ccccc1)C(=O)O)c1cc(Br)co1. The molecule has 2 aromatic rings. The van der Waals surface area contributed by atoms with Gasteiger partial charge in [0.05, 0.1) is 17.7 Å². The maximum Gasteiger partial charge on any atom is 0.328 e. The van der Waals surface area contributed by atoms with Crippen LogP contribution >= 0.6 is 15.9 Å². The van der Waals surface area contributed by atoms with Crippen LogP contribution in [0.4, 0.5) is 0 Å². The minimum absolute atomic E-state index is 0.0289. The second-order valence-electron chi connectivity index (χ2n) is 4.49. The molecule has 0 aliphatic heterocycles. The van der Waals surface area contributed by atoms with E-state index in [0.717, 1.165) is 5.56 Å². The summed E-state index contributed by atoms with van der Waals surface area (Å²) in [5, 5.41) is 11.5. The molecule has 0 fully saturated rings. The van der Waals surface area contributed by atoms with E-state index in [1.807, 2.05) is 30.3 Å². The summed E-state index contributed by atoms with van der Waals surface area (Å²) in [5.74, 6) is -1.75. The Balaban J connectivity index is 1.87. The van der Waals surface area contributed by atoms with Crippen LogP contribution in [0.25, 0.3) is 0 Å². The molecule has 116 valence electrons. The van der Waals surface area contributed by atoms with E-state index in [1.165, 1.54) is 12.3 Å². The second kappa shape index (κ2) is 7.77. The van der Waals surface area contributed by atoms with Gasteiger partial charge in [0.2, 0.25) is 0 Å². The molecular formula is C15H14BrNO5. The van der Waals surface area contributed by atoms with Gasteiger partial charge in [0.25, 0.3) is 5.91 Å². The highest BCUT2D eigenvalue weighted by molar-refractivity contribution is 9.10. The molecule has 0 spiro atoms. The predicted octanol–water partition coefficient (Wildman–Crippen LogP) is 2.44. The Labute approximate surface area is 135 Å². The zero-order valence-electron chi connectivity index (χ0n) is 11.5. The number of carboxylic acids is 1. The van der Waals surface area contributed by atoms with Gasteiger partial charge in [-0.3, -0.25) is 4.79 Å². The van der Waals surface area contributed by atoms with Crippen molar-refractivity contribution in [3.05, 3.63) is 58.5 Å². The van der Waals surface area contributed by atoms with Gasteiger partial charge in [-0.25, -0.2) is 4.79 Å². The number of benzene rings is 1. The van der Waals surface area contributed by atoms with Gasteiger partial charge in [0, 0.05) is 6.07 Å². The molecule has 1 heterocycles. The summed E-state index contributed by atoms with van der Waals surface area (Å²) in [5.41, 5.74) is 0.924. The van der Waals surface area contributed by atoms with E-state index >= 15 is 0 Å². The van der Waals surface area contributed by atoms with E-state index in [1.54, 1.807) is 0 Å². The molecule has 0 aliphatic carbocycles. The van der Waals surface area contributed by atoms with Gasteiger partial charge in [-0.15, -0.1) is 0 Å². The maximum absolute atomic E-state index is 11.9. The molecular weight excluding hydrogens is 354 g/mol. The number of ether oxygens (including phenoxy) is 1. The molecule has 2 N–H and O–H groups in total. The van der Waals surface area contributed by atoms with Crippen molar-refractivity contribution in [3.63, 3.8) is 0 Å². The van der Waals surface area contributed by atoms with E-state index in [9.17, 15) is 9.59 Å². The Morgan fingerprint density at radius 2 is 2.05 bits per heavy atom. The summed E-state index contributed by atoms with van der Waals surface area (Å²) < 4.78 is 10.9. The van der Waals surface area contributed by atoms with Gasteiger partial charge >= 0.3 is 5.97 Å². The average Bonchev–Trinajstić information content (AvgIpc) is 2.93. The lowest BCUT2D eigenvalue weighted by molar-refractivity contribution is -0.141. The first-order valence-electron chi connectivity index (χ1n) is 6.45. The fraction of sp³-hybridized carbons (Fsp3) is 0.200. The number of halogens is 1. The van der Waals surface area contributed by atoms with Crippen molar-refractivity contribution >= 4 is 27.8 Å². The van der Waals surface area contributed by atoms with Crippen LogP contribution in [-0.2, 0) is 16.1 Å². The fourth-order valence-electron chi connectivity index (χ4n) is 1.71. The number of nitrogens with one attached hydrogen (secondary N) is 1. The Morgan fingerprint density at radius 1 is 1.32 bits per heavy atom. The van der Waals surface area contributed by atoms with Crippen molar-refractivity contribution in [2.45, 2.75) is 12.6 Å². The first kappa shape index (κ1) is 16.3. The first-order valence-corrected chi connectivity index (χ1v) is 7.25. The van der Waals surface area contributed by atoms with Crippen LogP contribution in [0.1, 0.15) is 16.1 Å². The monoisotopic (exact) mass is 367 g/mol. The zero-order chi connectivity index (χ0) is 15.9. The Kier molecular flexibility index (Phi) is 5.74. The number of carboxylic acid groups (broad SMARTS) is 1. The van der Waals surface area contributed by atoms with E-state index in [2.05, 4.69) is 21.2 Å². The lowest BCUT2D eigenvalue weighted by atomic mass is 10.2. The third kappa shape index (κ3) is 4.71. The summed E-state index contributed by atoms with van der Waals surface area (Å²) in [6.45, 7) is 0.130. The second-order valence-corrected chi connectivity index (χ2v) is 5.41. The highest BCUT2D eigenvalue weighted by Gasteiger charge is 2.22. The number of aliphatic carboxylic acids is 1. The standard InChI is InChI=1S/C15H14BrNO5/c16-11-6-13(22-8-11)14(18)17-12(15(19)20)9-21-7-10-4-2-1-3-5-10/h1-6,8,12H,7,9H2,(H,17,18)(H,19,20)/t12-/m0/s1. The number of furan rings is 1. The van der Waals surface area contributed by atoms with Gasteiger partial charge in [0.15, 0.2) is 11.8 Å². The Morgan fingerprint density at radius 3 is 2.64 bits per heavy atom. The Bertz CT molecular complexity index is 640. The number of amides is 1. The van der Waals surface area contributed by atoms with Crippen molar-refractivity contribution in [2.24, 2.45) is 0 Å². The molecule has 0 saturated heterocycles. The number of carbonyl (C=O) groups excluding carboxylic acids is 1. The van der Waals surface area contributed by atoms with Crippen molar-refractivity contribution in [2.75, 3.05) is 6.61 Å². The molecule has 0 unspecified atom stereocenters. The van der Waals surface area contributed by atoms with Gasteiger partial charge in [0.1, 0.15) is 6.26 Å². The average molecular weight is 368 g/mol. The van der Waals surface area contributed by atoms with Crippen LogP contribution in [0.15, 0.2) is 51.6 Å². The molecule has 1 aromatic heterocycles. The normalized spacial score (nSPS) is 11.9. The van der Waals surface area contributed by atoms with Crippen molar-refractivity contribution in [1.29, 1.82) is 0 Å². The summed E-state index contributed by atoms with van der Waals surface area (Å²) in [6, 6.07) is 9.65. The highest BCUT2D eigenvalue weighted by atomic mass is 79.9. The topological polar surface area (TPSA) is 88.8 Å². The third-order valence-electron chi connectivity index (χ3n) is 2.79. The number of carbonyl (C=O) groups is 2. The van der Waals surface area contributed by atoms with Crippen LogP contribution in [0, 0.1) is 0 Å². The summed E-state index contributed by atoms with van der Waals surface area (Å²) >= 11 is 3.15. The van der Waals surface area contributed by atoms with Gasteiger partial charge in [-0.1, -0.05) is 30.3 Å². The van der Waals surface area contributed by atoms with E-state index < -0.39 is 17.9 Å². The lowest BCUT2D eigenvalue weighted by Gasteiger charge is -2.14. The zero-order valence-corrected chi connectivity index (χ0v) is 13.1. The molecule has 0 radical (unpaired) electrons. The molecule has 6 nitrogen and oxygen atoms in total. The number of hydrogen-bond donors (Lipinski definition) is 2. The van der Waals surface area contributed by atoms with Gasteiger partial charge in [-0.05, 0) is 21.5 Å². The quantitative estimate of drug-likeness (QED) is 0.784. The van der Waals surface area contributed by atoms with E-state index in [0.29, 0.717) is 4.47 Å². The summed E-state index contributed by atoms with van der Waals surface area (Å²) in [6.07, 6.45) is 1.34. The molecule has 7 heteroatoms. The first-order chi connectivity index (χ1) is 10.6. The molecule has 0 bridgehead atoms. The number of rotatable bonds is 7. The van der Waals surface area contributed by atoms with Gasteiger partial charge < -0.3 is 19.6 Å². The molecule has 1 aromatic carbocycles. The third-order valence-corrected chi connectivity index (χ3v) is 3.21. The molecule has 2 rings (SSSR count). The van der Waals surface area contributed by atoms with Crippen molar-refractivity contribution < 1.29 is 23.8 Å². The van der Waals surface area contributed by atoms with Crippen LogP contribution in [0.2, 0.25) is 0 Å². The molecule has 0 aliphatic rings. The van der Waals surface area contributed by atoms with Crippen LogP contribution in [0.5, 0.6) is 0 Å². The largest absolute Gasteiger partial charge is 0.480 e. The lowest BCUT2D eigenvalue weighted by Crippen LogP contribution is -2.43. The van der Waals surface area contributed by atoms with Gasteiger partial charge in [-0.2, -0.15) is 0 Å². The smallest absolute Gasteiger partial charge is 0.328 e.